The molecule has 0 saturated carbocycles. The van der Waals surface area contributed by atoms with E-state index in [0.717, 1.165) is 9.40 Å². The first-order chi connectivity index (χ1) is 14.5. The lowest BCUT2D eigenvalue weighted by Gasteiger charge is -2.33. The maximum atomic E-state index is 12.7. The number of hydrogen-bond acceptors (Lipinski definition) is 7. The summed E-state index contributed by atoms with van der Waals surface area (Å²) in [4.78, 5) is 24.8. The van der Waals surface area contributed by atoms with Crippen LogP contribution >= 0.6 is 11.3 Å². The molecule has 0 amide bonds. The first-order valence-electron chi connectivity index (χ1n) is 9.75. The average molecular weight is 468 g/mol. The number of aliphatic hydroxyl groups is 2. The summed E-state index contributed by atoms with van der Waals surface area (Å²) in [6, 6.07) is 12.7. The molecule has 9 heteroatoms. The molecule has 0 fully saturated rings. The Labute approximate surface area is 190 Å². The number of fused-ring (bicyclic) bond motifs is 2. The first-order valence-corrected chi connectivity index (χ1v) is 10.6. The molecule has 3 aromatic rings. The number of aliphatic hydroxyl groups excluding tert-OH is 2. The zero-order valence-electron chi connectivity index (χ0n) is 17.3. The monoisotopic (exact) mass is 467 g/mol. The van der Waals surface area contributed by atoms with E-state index in [2.05, 4.69) is 0 Å². The number of hydrogen-bond donors (Lipinski definition) is 2. The van der Waals surface area contributed by atoms with Crippen molar-refractivity contribution in [1.29, 1.82) is 0 Å². The molecule has 0 saturated heterocycles. The fraction of sp³-hybridized carbons (Fsp3) is 0.364. The van der Waals surface area contributed by atoms with E-state index in [1.54, 1.807) is 18.2 Å². The Morgan fingerprint density at radius 1 is 1.00 bits per heavy atom. The number of esters is 1. The molecule has 1 heterocycles. The van der Waals surface area contributed by atoms with Crippen LogP contribution in [-0.2, 0) is 9.53 Å². The Morgan fingerprint density at radius 3 is 2.39 bits per heavy atom. The molecule has 0 aliphatic rings. The van der Waals surface area contributed by atoms with E-state index < -0.39 is 5.97 Å². The Hall–Kier alpha value is -2.23. The van der Waals surface area contributed by atoms with Gasteiger partial charge in [0.05, 0.1) is 20.3 Å². The van der Waals surface area contributed by atoms with Crippen molar-refractivity contribution in [3.8, 4) is 5.75 Å². The number of carbonyl (C=O) groups excluding carboxylic acids is 1. The smallest absolute Gasteiger partial charge is 0.344 e. The lowest BCUT2D eigenvalue weighted by atomic mass is 10.2. The lowest BCUT2D eigenvalue weighted by Crippen LogP contribution is -3.00. The van der Waals surface area contributed by atoms with E-state index in [4.69, 9.17) is 19.7 Å². The molecular weight excluding hydrogens is 442 g/mol. The summed E-state index contributed by atoms with van der Waals surface area (Å²) < 4.78 is 12.9. The van der Waals surface area contributed by atoms with Gasteiger partial charge in [0.15, 0.2) is 12.0 Å². The molecule has 168 valence electrons. The standard InChI is InChI=1S/C22H26NO6S.ClH/c1-23(8-11-24,9-12-25)10-13-28-21(26)15-29-16-6-7-20-18(14-16)22(27)17-4-2-3-5-19(17)30-20;/h2-7,14,24-25H,8-13,15H2,1H3;1H/q+1;/p-1. The molecule has 0 radical (unpaired) electrons. The molecule has 2 aromatic carbocycles. The summed E-state index contributed by atoms with van der Waals surface area (Å²) in [7, 11) is 1.89. The molecule has 0 aliphatic heterocycles. The molecule has 3 rings (SSSR count). The van der Waals surface area contributed by atoms with Crippen LogP contribution < -0.4 is 22.6 Å². The van der Waals surface area contributed by atoms with Gasteiger partial charge in [0.2, 0.25) is 0 Å². The summed E-state index contributed by atoms with van der Waals surface area (Å²) >= 11 is 1.54. The number of carbonyl (C=O) groups is 1. The van der Waals surface area contributed by atoms with Crippen LogP contribution in [0.25, 0.3) is 20.2 Å². The van der Waals surface area contributed by atoms with Gasteiger partial charge in [-0.2, -0.15) is 0 Å². The Kier molecular flexibility index (Phi) is 9.21. The maximum absolute atomic E-state index is 12.7. The second kappa shape index (κ2) is 11.4. The van der Waals surface area contributed by atoms with Crippen molar-refractivity contribution in [2.45, 2.75) is 0 Å². The van der Waals surface area contributed by atoms with Crippen LogP contribution in [0.5, 0.6) is 5.75 Å². The summed E-state index contributed by atoms with van der Waals surface area (Å²) in [6.07, 6.45) is 0. The van der Waals surface area contributed by atoms with Crippen molar-refractivity contribution in [2.24, 2.45) is 0 Å². The van der Waals surface area contributed by atoms with Crippen LogP contribution in [-0.4, -0.2) is 73.8 Å². The number of nitrogens with zero attached hydrogens (tertiary/aromatic N) is 1. The van der Waals surface area contributed by atoms with Gasteiger partial charge in [-0.3, -0.25) is 4.79 Å². The molecule has 1 aromatic heterocycles. The predicted octanol–water partition coefficient (Wildman–Crippen LogP) is -1.23. The fourth-order valence-electron chi connectivity index (χ4n) is 3.25. The second-order valence-electron chi connectivity index (χ2n) is 7.33. The highest BCUT2D eigenvalue weighted by Gasteiger charge is 2.21. The summed E-state index contributed by atoms with van der Waals surface area (Å²) in [6.45, 7) is 1.31. The summed E-state index contributed by atoms with van der Waals surface area (Å²) in [5.74, 6) is -0.0847. The third-order valence-corrected chi connectivity index (χ3v) is 6.23. The topological polar surface area (TPSA) is 93.1 Å². The highest BCUT2D eigenvalue weighted by atomic mass is 35.5. The van der Waals surface area contributed by atoms with Gasteiger partial charge in [-0.25, -0.2) is 4.79 Å². The highest BCUT2D eigenvalue weighted by molar-refractivity contribution is 7.24. The van der Waals surface area contributed by atoms with Gasteiger partial charge in [0, 0.05) is 20.2 Å². The lowest BCUT2D eigenvalue weighted by molar-refractivity contribution is -0.910. The van der Waals surface area contributed by atoms with Crippen molar-refractivity contribution in [2.75, 3.05) is 53.1 Å². The van der Waals surface area contributed by atoms with Crippen molar-refractivity contribution in [1.82, 2.24) is 0 Å². The fourth-order valence-corrected chi connectivity index (χ4v) is 4.31. The van der Waals surface area contributed by atoms with Crippen LogP contribution in [0.4, 0.5) is 0 Å². The van der Waals surface area contributed by atoms with Crippen LogP contribution in [0.2, 0.25) is 0 Å². The Morgan fingerprint density at radius 2 is 1.68 bits per heavy atom. The number of halogens is 1. The number of likely N-dealkylation sites (N-methyl/N-ethyl adjacent to an activating group) is 1. The van der Waals surface area contributed by atoms with Gasteiger partial charge in [-0.05, 0) is 30.3 Å². The zero-order chi connectivity index (χ0) is 21.6. The molecule has 2 N–H and O–H groups in total. The number of quaternary nitrogens is 1. The van der Waals surface area contributed by atoms with E-state index in [1.165, 1.54) is 11.3 Å². The van der Waals surface area contributed by atoms with Crippen LogP contribution in [0.1, 0.15) is 0 Å². The van der Waals surface area contributed by atoms with Crippen molar-refractivity contribution in [3.63, 3.8) is 0 Å². The van der Waals surface area contributed by atoms with Crippen LogP contribution in [0, 0.1) is 0 Å². The molecular formula is C22H26ClNO6S. The van der Waals surface area contributed by atoms with E-state index in [1.807, 2.05) is 31.3 Å². The number of rotatable bonds is 10. The predicted molar refractivity (Wildman–Crippen MR) is 117 cm³/mol. The van der Waals surface area contributed by atoms with Crippen molar-refractivity contribution >= 4 is 37.5 Å². The third kappa shape index (κ3) is 6.38. The minimum Gasteiger partial charge on any atom is -1.00 e. The van der Waals surface area contributed by atoms with E-state index in [0.29, 0.717) is 40.6 Å². The van der Waals surface area contributed by atoms with Gasteiger partial charge in [0.1, 0.15) is 32.0 Å². The Bertz CT molecular complexity index is 1080. The highest BCUT2D eigenvalue weighted by Crippen LogP contribution is 2.27. The van der Waals surface area contributed by atoms with Crippen molar-refractivity contribution in [3.05, 3.63) is 52.7 Å². The quantitative estimate of drug-likeness (QED) is 0.220. The first kappa shape index (κ1) is 25.0. The van der Waals surface area contributed by atoms with Gasteiger partial charge in [-0.1, -0.05) is 12.1 Å². The molecule has 0 atom stereocenters. The van der Waals surface area contributed by atoms with Gasteiger partial charge < -0.3 is 36.6 Å². The zero-order valence-corrected chi connectivity index (χ0v) is 18.8. The van der Waals surface area contributed by atoms with Crippen LogP contribution in [0.15, 0.2) is 47.3 Å². The van der Waals surface area contributed by atoms with E-state index in [-0.39, 0.29) is 44.3 Å². The van der Waals surface area contributed by atoms with Crippen LogP contribution in [0.3, 0.4) is 0 Å². The maximum Gasteiger partial charge on any atom is 0.344 e. The van der Waals surface area contributed by atoms with Gasteiger partial charge >= 0.3 is 5.97 Å². The third-order valence-electron chi connectivity index (χ3n) is 5.08. The molecule has 31 heavy (non-hydrogen) atoms. The molecule has 0 bridgehead atoms. The molecule has 0 aliphatic carbocycles. The number of ether oxygens (including phenoxy) is 2. The average Bonchev–Trinajstić information content (AvgIpc) is 2.73. The molecule has 0 spiro atoms. The largest absolute Gasteiger partial charge is 1.00 e. The van der Waals surface area contributed by atoms with E-state index >= 15 is 0 Å². The number of benzene rings is 2. The van der Waals surface area contributed by atoms with Gasteiger partial charge in [0.25, 0.3) is 0 Å². The molecule has 7 nitrogen and oxygen atoms in total. The minimum atomic E-state index is -0.515. The Balaban J connectivity index is 0.00000341. The van der Waals surface area contributed by atoms with Gasteiger partial charge in [-0.15, -0.1) is 11.3 Å². The second-order valence-corrected chi connectivity index (χ2v) is 8.42. The normalized spacial score (nSPS) is 11.3. The SMILES string of the molecule is C[N+](CCO)(CCO)CCOC(=O)COc1ccc2sc3ccccc3c(=O)c2c1.[Cl-]. The summed E-state index contributed by atoms with van der Waals surface area (Å²) in [5.41, 5.74) is -0.0582. The molecule has 0 unspecified atom stereocenters. The summed E-state index contributed by atoms with van der Waals surface area (Å²) in [5, 5.41) is 19.5. The minimum absolute atomic E-state index is 0. The van der Waals surface area contributed by atoms with E-state index in [9.17, 15) is 9.59 Å². The van der Waals surface area contributed by atoms with Crippen molar-refractivity contribution < 1.29 is 41.4 Å².